The fourth-order valence-electron chi connectivity index (χ4n) is 1.90. The van der Waals surface area contributed by atoms with Gasteiger partial charge < -0.3 is 15.5 Å². The van der Waals surface area contributed by atoms with E-state index >= 15 is 0 Å². The molecule has 0 saturated heterocycles. The van der Waals surface area contributed by atoms with E-state index < -0.39 is 0 Å². The number of amidine groups is 1. The molecule has 1 atom stereocenters. The highest BCUT2D eigenvalue weighted by molar-refractivity contribution is 8.13. The zero-order valence-electron chi connectivity index (χ0n) is 12.3. The van der Waals surface area contributed by atoms with E-state index in [0.29, 0.717) is 39.3 Å². The number of aromatic amines is 1. The van der Waals surface area contributed by atoms with Crippen LogP contribution < -0.4 is 11.3 Å². The molecule has 2 rings (SSSR count). The molecular weight excluding hydrogens is 324 g/mol. The van der Waals surface area contributed by atoms with E-state index in [2.05, 4.69) is 15.0 Å². The summed E-state index contributed by atoms with van der Waals surface area (Å²) in [5.74, 6) is 0.953. The summed E-state index contributed by atoms with van der Waals surface area (Å²) in [5, 5.41) is 1.48. The highest BCUT2D eigenvalue weighted by Gasteiger charge is 2.06. The third-order valence-electron chi connectivity index (χ3n) is 2.83. The van der Waals surface area contributed by atoms with Gasteiger partial charge >= 0.3 is 0 Å². The van der Waals surface area contributed by atoms with Crippen LogP contribution in [0.15, 0.2) is 28.0 Å². The van der Waals surface area contributed by atoms with Gasteiger partial charge in [0.2, 0.25) is 0 Å². The summed E-state index contributed by atoms with van der Waals surface area (Å²) in [7, 11) is 1.62. The molecule has 0 spiro atoms. The number of rotatable bonds is 5. The topological polar surface area (TPSA) is 93.4 Å². The minimum atomic E-state index is -0.194. The van der Waals surface area contributed by atoms with Crippen molar-refractivity contribution < 1.29 is 4.74 Å². The molecule has 0 amide bonds. The molecule has 8 heteroatoms. The molecule has 0 aliphatic rings. The second-order valence-corrected chi connectivity index (χ2v) is 6.17. The van der Waals surface area contributed by atoms with E-state index in [1.165, 1.54) is 11.8 Å². The first-order valence-electron chi connectivity index (χ1n) is 6.63. The second kappa shape index (κ2) is 7.62. The Balaban J connectivity index is 2.13. The van der Waals surface area contributed by atoms with Crippen LogP contribution in [0.4, 0.5) is 0 Å². The number of nitrogens with zero attached hydrogens (tertiary/aromatic N) is 2. The lowest BCUT2D eigenvalue weighted by atomic mass is 10.2. The lowest BCUT2D eigenvalue weighted by molar-refractivity contribution is 0.186. The highest BCUT2D eigenvalue weighted by Crippen LogP contribution is 2.16. The number of H-pyrrole nitrogens is 1. The number of thioether (sulfide) groups is 1. The maximum absolute atomic E-state index is 12.0. The minimum absolute atomic E-state index is 0.0140. The molecule has 118 valence electrons. The molecule has 0 radical (unpaired) electrons. The molecule has 2 aromatic rings. The van der Waals surface area contributed by atoms with Crippen LogP contribution in [0.5, 0.6) is 0 Å². The van der Waals surface area contributed by atoms with Crippen molar-refractivity contribution in [2.24, 2.45) is 10.7 Å². The first-order valence-corrected chi connectivity index (χ1v) is 7.99. The molecule has 0 bridgehead atoms. The summed E-state index contributed by atoms with van der Waals surface area (Å²) < 4.78 is 5.00. The van der Waals surface area contributed by atoms with Crippen molar-refractivity contribution >= 4 is 39.4 Å². The summed E-state index contributed by atoms with van der Waals surface area (Å²) in [4.78, 5) is 23.4. The third-order valence-corrected chi connectivity index (χ3v) is 3.88. The van der Waals surface area contributed by atoms with Crippen LogP contribution in [-0.2, 0) is 10.5 Å². The van der Waals surface area contributed by atoms with Gasteiger partial charge in [-0.3, -0.25) is 9.79 Å². The average molecular weight is 341 g/mol. The smallest absolute Gasteiger partial charge is 0.258 e. The third kappa shape index (κ3) is 4.46. The van der Waals surface area contributed by atoms with Gasteiger partial charge in [-0.15, -0.1) is 0 Å². The summed E-state index contributed by atoms with van der Waals surface area (Å²) in [6, 6.07) is 4.97. The van der Waals surface area contributed by atoms with Crippen molar-refractivity contribution in [3.05, 3.63) is 39.4 Å². The van der Waals surface area contributed by atoms with Crippen LogP contribution in [0.2, 0.25) is 5.02 Å². The summed E-state index contributed by atoms with van der Waals surface area (Å²) >= 11 is 7.24. The van der Waals surface area contributed by atoms with Crippen molar-refractivity contribution in [3.8, 4) is 0 Å². The SMILES string of the molecule is COC[C@H](C)N=C(N)SCc1nc2cc(Cl)ccc2c(=O)[nH]1. The second-order valence-electron chi connectivity index (χ2n) is 4.73. The van der Waals surface area contributed by atoms with Crippen molar-refractivity contribution in [1.29, 1.82) is 0 Å². The Bertz CT molecular complexity index is 747. The fourth-order valence-corrected chi connectivity index (χ4v) is 2.75. The summed E-state index contributed by atoms with van der Waals surface area (Å²) in [6.07, 6.45) is 0. The molecule has 0 aliphatic heterocycles. The van der Waals surface area contributed by atoms with Gasteiger partial charge in [-0.25, -0.2) is 4.98 Å². The molecule has 6 nitrogen and oxygen atoms in total. The Morgan fingerprint density at radius 2 is 2.36 bits per heavy atom. The molecule has 3 N–H and O–H groups in total. The monoisotopic (exact) mass is 340 g/mol. The molecular formula is C14H17ClN4O2S. The van der Waals surface area contributed by atoms with Gasteiger partial charge in [0.05, 0.1) is 29.3 Å². The maximum Gasteiger partial charge on any atom is 0.258 e. The Kier molecular flexibility index (Phi) is 5.82. The number of ether oxygens (including phenoxy) is 1. The lowest BCUT2D eigenvalue weighted by Crippen LogP contribution is -2.16. The number of nitrogens with one attached hydrogen (secondary N) is 1. The predicted octanol–water partition coefficient (Wildman–Crippen LogP) is 2.16. The van der Waals surface area contributed by atoms with Gasteiger partial charge in [-0.1, -0.05) is 23.4 Å². The number of nitrogens with two attached hydrogens (primary N) is 1. The van der Waals surface area contributed by atoms with Gasteiger partial charge in [0.1, 0.15) is 5.82 Å². The molecule has 0 fully saturated rings. The molecule has 0 unspecified atom stereocenters. The largest absolute Gasteiger partial charge is 0.382 e. The fraction of sp³-hybridized carbons (Fsp3) is 0.357. The molecule has 22 heavy (non-hydrogen) atoms. The van der Waals surface area contributed by atoms with Gasteiger partial charge in [0.15, 0.2) is 5.17 Å². The quantitative estimate of drug-likeness (QED) is 0.642. The molecule has 1 heterocycles. The highest BCUT2D eigenvalue weighted by atomic mass is 35.5. The van der Waals surface area contributed by atoms with E-state index in [0.717, 1.165) is 0 Å². The Morgan fingerprint density at radius 3 is 3.09 bits per heavy atom. The number of aliphatic imine (C=N–C) groups is 1. The van der Waals surface area contributed by atoms with Crippen molar-refractivity contribution in [1.82, 2.24) is 9.97 Å². The van der Waals surface area contributed by atoms with E-state index in [1.807, 2.05) is 6.92 Å². The number of methoxy groups -OCH3 is 1. The summed E-state index contributed by atoms with van der Waals surface area (Å²) in [6.45, 7) is 2.42. The van der Waals surface area contributed by atoms with Gasteiger partial charge in [0.25, 0.3) is 5.56 Å². The van der Waals surface area contributed by atoms with Crippen LogP contribution in [0.25, 0.3) is 10.9 Å². The van der Waals surface area contributed by atoms with Gasteiger partial charge in [-0.2, -0.15) is 0 Å². The Hall–Kier alpha value is -1.57. The van der Waals surface area contributed by atoms with E-state index in [4.69, 9.17) is 22.1 Å². The van der Waals surface area contributed by atoms with E-state index in [9.17, 15) is 4.79 Å². The van der Waals surface area contributed by atoms with Crippen LogP contribution in [-0.4, -0.2) is 34.9 Å². The number of benzene rings is 1. The van der Waals surface area contributed by atoms with Gasteiger partial charge in [0, 0.05) is 12.1 Å². The first kappa shape index (κ1) is 16.8. The first-order chi connectivity index (χ1) is 10.5. The zero-order chi connectivity index (χ0) is 16.1. The predicted molar refractivity (Wildman–Crippen MR) is 91.6 cm³/mol. The van der Waals surface area contributed by atoms with Crippen molar-refractivity contribution in [3.63, 3.8) is 0 Å². The minimum Gasteiger partial charge on any atom is -0.382 e. The van der Waals surface area contributed by atoms with Crippen molar-refractivity contribution in [2.75, 3.05) is 13.7 Å². The number of halogens is 1. The number of hydrogen-bond acceptors (Lipinski definition) is 5. The molecule has 0 saturated carbocycles. The lowest BCUT2D eigenvalue weighted by Gasteiger charge is -2.07. The Labute approximate surface area is 137 Å². The van der Waals surface area contributed by atoms with Crippen LogP contribution in [0, 0.1) is 0 Å². The molecule has 1 aromatic heterocycles. The van der Waals surface area contributed by atoms with Crippen LogP contribution in [0.3, 0.4) is 0 Å². The Morgan fingerprint density at radius 1 is 1.59 bits per heavy atom. The number of aromatic nitrogens is 2. The zero-order valence-corrected chi connectivity index (χ0v) is 13.9. The number of hydrogen-bond donors (Lipinski definition) is 2. The van der Waals surface area contributed by atoms with E-state index in [1.54, 1.807) is 25.3 Å². The van der Waals surface area contributed by atoms with Crippen LogP contribution >= 0.6 is 23.4 Å². The molecule has 0 aliphatic carbocycles. The summed E-state index contributed by atoms with van der Waals surface area (Å²) in [5.41, 5.74) is 6.22. The standard InChI is InChI=1S/C14H17ClN4O2S/c1-8(6-21-2)17-14(16)22-7-12-18-11-5-9(15)3-4-10(11)13(20)19-12/h3-5,8H,6-7H2,1-2H3,(H2,16,17)(H,18,19,20)/t8-/m0/s1. The van der Waals surface area contributed by atoms with Crippen LogP contribution in [0.1, 0.15) is 12.7 Å². The maximum atomic E-state index is 12.0. The number of fused-ring (bicyclic) bond motifs is 1. The van der Waals surface area contributed by atoms with Gasteiger partial charge in [-0.05, 0) is 25.1 Å². The average Bonchev–Trinajstić information content (AvgIpc) is 2.44. The molecule has 1 aromatic carbocycles. The van der Waals surface area contributed by atoms with E-state index in [-0.39, 0.29) is 11.6 Å². The van der Waals surface area contributed by atoms with Crippen molar-refractivity contribution in [2.45, 2.75) is 18.7 Å². The normalized spacial score (nSPS) is 13.5.